The Hall–Kier alpha value is -1.17. The summed E-state index contributed by atoms with van der Waals surface area (Å²) in [6.45, 7) is 3.55. The number of alkyl halides is 1. The van der Waals surface area contributed by atoms with Crippen LogP contribution in [0.15, 0.2) is 16.9 Å². The molecule has 0 radical (unpaired) electrons. The first-order valence-corrected chi connectivity index (χ1v) is 6.48. The number of nitrogens with one attached hydrogen (secondary N) is 1. The number of piperidine rings is 1. The number of nitrogens with zero attached hydrogens (tertiary/aromatic N) is 2. The van der Waals surface area contributed by atoms with Gasteiger partial charge in [-0.25, -0.2) is 5.10 Å². The van der Waals surface area contributed by atoms with Gasteiger partial charge in [0.05, 0.1) is 0 Å². The third-order valence-corrected chi connectivity index (χ3v) is 4.35. The summed E-state index contributed by atoms with van der Waals surface area (Å²) < 4.78 is 0. The number of amides is 1. The van der Waals surface area contributed by atoms with Gasteiger partial charge < -0.3 is 4.90 Å². The lowest BCUT2D eigenvalue weighted by Gasteiger charge is -2.34. The van der Waals surface area contributed by atoms with E-state index in [4.69, 9.17) is 0 Å². The van der Waals surface area contributed by atoms with E-state index >= 15 is 0 Å². The number of rotatable bonds is 1. The van der Waals surface area contributed by atoms with Crippen LogP contribution in [0.4, 0.5) is 0 Å². The lowest BCUT2D eigenvalue weighted by Crippen LogP contribution is -2.43. The van der Waals surface area contributed by atoms with Crippen LogP contribution in [0.5, 0.6) is 0 Å². The van der Waals surface area contributed by atoms with E-state index in [1.807, 2.05) is 0 Å². The van der Waals surface area contributed by atoms with E-state index in [-0.39, 0.29) is 11.5 Å². The Balaban J connectivity index is 2.10. The smallest absolute Gasteiger partial charge is 0.274 e. The van der Waals surface area contributed by atoms with Crippen LogP contribution in [-0.2, 0) is 0 Å². The predicted molar refractivity (Wildman–Crippen MR) is 67.3 cm³/mol. The normalized spacial score (nSPS) is 24.7. The molecule has 0 aliphatic carbocycles. The minimum absolute atomic E-state index is 0.118. The van der Waals surface area contributed by atoms with E-state index in [2.05, 4.69) is 33.1 Å². The second kappa shape index (κ2) is 5.00. The molecule has 1 saturated heterocycles. The molecule has 5 nitrogen and oxygen atoms in total. The number of H-pyrrole nitrogens is 1. The van der Waals surface area contributed by atoms with Crippen molar-refractivity contribution in [2.45, 2.75) is 18.2 Å². The first kappa shape index (κ1) is 12.3. The van der Waals surface area contributed by atoms with Crippen molar-refractivity contribution in [2.75, 3.05) is 13.1 Å². The van der Waals surface area contributed by atoms with Crippen molar-refractivity contribution in [3.8, 4) is 0 Å². The monoisotopic (exact) mass is 299 g/mol. The maximum atomic E-state index is 12.1. The SMILES string of the molecule is CC1CN(C(=O)c2ccc(=O)[nH]n2)CCC1Br. The number of hydrogen-bond acceptors (Lipinski definition) is 3. The summed E-state index contributed by atoms with van der Waals surface area (Å²) in [6.07, 6.45) is 0.941. The summed E-state index contributed by atoms with van der Waals surface area (Å²) in [5, 5.41) is 6.03. The molecule has 0 aromatic carbocycles. The number of carbonyl (C=O) groups excluding carboxylic acids is 1. The summed E-state index contributed by atoms with van der Waals surface area (Å²) >= 11 is 3.59. The number of aromatic amines is 1. The molecular formula is C11H14BrN3O2. The van der Waals surface area contributed by atoms with Gasteiger partial charge in [0.2, 0.25) is 0 Å². The van der Waals surface area contributed by atoms with Crippen molar-refractivity contribution in [1.29, 1.82) is 0 Å². The molecule has 1 fully saturated rings. The molecule has 2 rings (SSSR count). The Morgan fingerprint density at radius 3 is 2.94 bits per heavy atom. The van der Waals surface area contributed by atoms with Gasteiger partial charge in [0.15, 0.2) is 0 Å². The van der Waals surface area contributed by atoms with Crippen LogP contribution in [0.2, 0.25) is 0 Å². The standard InChI is InChI=1S/C11H14BrN3O2/c1-7-6-15(5-4-8(7)12)11(17)9-2-3-10(16)14-13-9/h2-3,7-8H,4-6H2,1H3,(H,14,16). The molecule has 0 bridgehead atoms. The van der Waals surface area contributed by atoms with E-state index in [9.17, 15) is 9.59 Å². The first-order valence-electron chi connectivity index (χ1n) is 5.57. The zero-order valence-corrected chi connectivity index (χ0v) is 11.1. The highest BCUT2D eigenvalue weighted by Gasteiger charge is 2.28. The zero-order valence-electron chi connectivity index (χ0n) is 9.52. The molecule has 2 atom stereocenters. The van der Waals surface area contributed by atoms with Crippen LogP contribution in [-0.4, -0.2) is 38.9 Å². The third-order valence-electron chi connectivity index (χ3n) is 2.99. The van der Waals surface area contributed by atoms with Crippen LogP contribution in [0.3, 0.4) is 0 Å². The van der Waals surface area contributed by atoms with Crippen molar-refractivity contribution in [2.24, 2.45) is 5.92 Å². The van der Waals surface area contributed by atoms with Gasteiger partial charge in [-0.15, -0.1) is 0 Å². The van der Waals surface area contributed by atoms with Gasteiger partial charge >= 0.3 is 0 Å². The minimum atomic E-state index is -0.297. The Morgan fingerprint density at radius 2 is 2.35 bits per heavy atom. The minimum Gasteiger partial charge on any atom is -0.337 e. The average molecular weight is 300 g/mol. The molecule has 17 heavy (non-hydrogen) atoms. The fourth-order valence-electron chi connectivity index (χ4n) is 1.93. The van der Waals surface area contributed by atoms with Crippen molar-refractivity contribution < 1.29 is 4.79 Å². The molecule has 0 saturated carbocycles. The van der Waals surface area contributed by atoms with E-state index in [0.717, 1.165) is 19.5 Å². The van der Waals surface area contributed by atoms with Gasteiger partial charge in [-0.3, -0.25) is 9.59 Å². The van der Waals surface area contributed by atoms with Gasteiger partial charge in [0.25, 0.3) is 11.5 Å². The van der Waals surface area contributed by atoms with Gasteiger partial charge in [-0.1, -0.05) is 22.9 Å². The number of carbonyl (C=O) groups is 1. The second-order valence-corrected chi connectivity index (χ2v) is 5.52. The summed E-state index contributed by atoms with van der Waals surface area (Å²) in [4.78, 5) is 25.2. The van der Waals surface area contributed by atoms with E-state index in [0.29, 0.717) is 16.4 Å². The van der Waals surface area contributed by atoms with Gasteiger partial charge in [-0.05, 0) is 18.4 Å². The Bertz CT molecular complexity index is 454. The van der Waals surface area contributed by atoms with Crippen LogP contribution < -0.4 is 5.56 Å². The summed E-state index contributed by atoms with van der Waals surface area (Å²) in [6, 6.07) is 2.78. The molecule has 1 amide bonds. The molecule has 1 aromatic heterocycles. The summed E-state index contributed by atoms with van der Waals surface area (Å²) in [5.41, 5.74) is -0.00101. The first-order chi connectivity index (χ1) is 8.08. The van der Waals surface area contributed by atoms with Crippen LogP contribution in [0, 0.1) is 5.92 Å². The van der Waals surface area contributed by atoms with Gasteiger partial charge in [0.1, 0.15) is 5.69 Å². The van der Waals surface area contributed by atoms with Crippen molar-refractivity contribution in [3.63, 3.8) is 0 Å². The fourth-order valence-corrected chi connectivity index (χ4v) is 2.30. The van der Waals surface area contributed by atoms with E-state index < -0.39 is 0 Å². The molecule has 1 N–H and O–H groups in total. The largest absolute Gasteiger partial charge is 0.337 e. The number of halogens is 1. The lowest BCUT2D eigenvalue weighted by molar-refractivity contribution is 0.0683. The molecule has 1 aliphatic heterocycles. The highest BCUT2D eigenvalue weighted by atomic mass is 79.9. The second-order valence-electron chi connectivity index (χ2n) is 4.34. The fraction of sp³-hybridized carbons (Fsp3) is 0.545. The molecule has 0 spiro atoms. The van der Waals surface area contributed by atoms with Crippen LogP contribution >= 0.6 is 15.9 Å². The highest BCUT2D eigenvalue weighted by molar-refractivity contribution is 9.09. The maximum absolute atomic E-state index is 12.1. The number of likely N-dealkylation sites (tertiary alicyclic amines) is 1. The Kier molecular flexibility index (Phi) is 3.61. The summed E-state index contributed by atoms with van der Waals surface area (Å²) in [7, 11) is 0. The van der Waals surface area contributed by atoms with Gasteiger partial charge in [0, 0.05) is 24.0 Å². The molecule has 1 aliphatic rings. The quantitative estimate of drug-likeness (QED) is 0.787. The molecule has 1 aromatic rings. The maximum Gasteiger partial charge on any atom is 0.274 e. The zero-order chi connectivity index (χ0) is 12.4. The van der Waals surface area contributed by atoms with Crippen molar-refractivity contribution in [3.05, 3.63) is 28.2 Å². The van der Waals surface area contributed by atoms with Crippen molar-refractivity contribution >= 4 is 21.8 Å². The molecule has 6 heteroatoms. The predicted octanol–water partition coefficient (Wildman–Crippen LogP) is 1.02. The van der Waals surface area contributed by atoms with Crippen LogP contribution in [0.25, 0.3) is 0 Å². The Morgan fingerprint density at radius 1 is 1.59 bits per heavy atom. The van der Waals surface area contributed by atoms with Crippen LogP contribution in [0.1, 0.15) is 23.8 Å². The molecule has 92 valence electrons. The molecule has 2 unspecified atom stereocenters. The van der Waals surface area contributed by atoms with Crippen molar-refractivity contribution in [1.82, 2.24) is 15.1 Å². The lowest BCUT2D eigenvalue weighted by atomic mass is 10.00. The van der Waals surface area contributed by atoms with Gasteiger partial charge in [-0.2, -0.15) is 5.10 Å². The average Bonchev–Trinajstić information content (AvgIpc) is 2.33. The number of aromatic nitrogens is 2. The highest BCUT2D eigenvalue weighted by Crippen LogP contribution is 2.23. The number of hydrogen-bond donors (Lipinski definition) is 1. The third kappa shape index (κ3) is 2.74. The van der Waals surface area contributed by atoms with E-state index in [1.54, 1.807) is 4.90 Å². The summed E-state index contributed by atoms with van der Waals surface area (Å²) in [5.74, 6) is 0.308. The molecule has 2 heterocycles. The Labute approximate surface area is 107 Å². The molecular weight excluding hydrogens is 286 g/mol. The topological polar surface area (TPSA) is 66.1 Å². The van der Waals surface area contributed by atoms with E-state index in [1.165, 1.54) is 12.1 Å².